The second kappa shape index (κ2) is 6.41. The van der Waals surface area contributed by atoms with E-state index in [0.717, 1.165) is 29.5 Å². The normalized spacial score (nSPS) is 12.8. The maximum absolute atomic E-state index is 6.04. The molecular formula is C14H18ClNOS. The van der Waals surface area contributed by atoms with Crippen LogP contribution in [0.4, 0.5) is 0 Å². The van der Waals surface area contributed by atoms with Crippen LogP contribution in [-0.4, -0.2) is 6.54 Å². The third kappa shape index (κ3) is 2.97. The lowest BCUT2D eigenvalue weighted by molar-refractivity contribution is 0.501. The quantitative estimate of drug-likeness (QED) is 0.835. The lowest BCUT2D eigenvalue weighted by Gasteiger charge is -2.17. The molecule has 18 heavy (non-hydrogen) atoms. The highest BCUT2D eigenvalue weighted by Crippen LogP contribution is 2.33. The van der Waals surface area contributed by atoms with Crippen molar-refractivity contribution in [3.63, 3.8) is 0 Å². The summed E-state index contributed by atoms with van der Waals surface area (Å²) in [6.45, 7) is 5.26. The van der Waals surface area contributed by atoms with Crippen LogP contribution in [-0.2, 0) is 6.42 Å². The van der Waals surface area contributed by atoms with Crippen LogP contribution in [0.15, 0.2) is 28.9 Å². The average molecular weight is 284 g/mol. The second-order valence-electron chi connectivity index (χ2n) is 4.18. The minimum atomic E-state index is 0.191. The average Bonchev–Trinajstić information content (AvgIpc) is 2.99. The maximum Gasteiger partial charge on any atom is 0.108 e. The number of thiophene rings is 1. The Balaban J connectivity index is 2.30. The number of rotatable bonds is 6. The largest absolute Gasteiger partial charge is 0.469 e. The molecule has 2 aromatic rings. The monoisotopic (exact) mass is 283 g/mol. The predicted octanol–water partition coefficient (Wildman–Crippen LogP) is 4.65. The smallest absolute Gasteiger partial charge is 0.108 e. The summed E-state index contributed by atoms with van der Waals surface area (Å²) in [5.41, 5.74) is 1.23. The van der Waals surface area contributed by atoms with Crippen LogP contribution in [0.3, 0.4) is 0 Å². The summed E-state index contributed by atoms with van der Waals surface area (Å²) in [4.78, 5) is 1.24. The van der Waals surface area contributed by atoms with Crippen LogP contribution >= 0.6 is 22.9 Å². The first-order valence-electron chi connectivity index (χ1n) is 6.31. The number of hydrogen-bond acceptors (Lipinski definition) is 3. The van der Waals surface area contributed by atoms with E-state index in [1.807, 2.05) is 6.07 Å². The van der Waals surface area contributed by atoms with E-state index in [1.54, 1.807) is 17.6 Å². The Bertz CT molecular complexity index is 491. The summed E-state index contributed by atoms with van der Waals surface area (Å²) < 4.78 is 6.36. The molecule has 0 saturated heterocycles. The molecule has 4 heteroatoms. The van der Waals surface area contributed by atoms with E-state index in [1.165, 1.54) is 10.4 Å². The number of halogens is 1. The second-order valence-corrected chi connectivity index (χ2v) is 5.93. The minimum Gasteiger partial charge on any atom is -0.469 e. The van der Waals surface area contributed by atoms with Crippen molar-refractivity contribution >= 4 is 22.9 Å². The molecule has 2 heterocycles. The van der Waals surface area contributed by atoms with Crippen molar-refractivity contribution in [1.82, 2.24) is 5.32 Å². The molecular weight excluding hydrogens is 266 g/mol. The molecule has 1 atom stereocenters. The minimum absolute atomic E-state index is 0.191. The van der Waals surface area contributed by atoms with Gasteiger partial charge in [0.15, 0.2) is 0 Å². The first-order chi connectivity index (χ1) is 8.76. The van der Waals surface area contributed by atoms with Crippen molar-refractivity contribution in [1.29, 1.82) is 0 Å². The summed E-state index contributed by atoms with van der Waals surface area (Å²) >= 11 is 7.67. The Labute approximate surface area is 117 Å². The molecule has 0 radical (unpaired) electrons. The van der Waals surface area contributed by atoms with E-state index in [9.17, 15) is 0 Å². The van der Waals surface area contributed by atoms with Gasteiger partial charge in [-0.05, 0) is 31.2 Å². The van der Waals surface area contributed by atoms with E-state index in [0.29, 0.717) is 0 Å². The van der Waals surface area contributed by atoms with Gasteiger partial charge in [-0.1, -0.05) is 25.4 Å². The Kier molecular flexibility index (Phi) is 4.87. The lowest BCUT2D eigenvalue weighted by atomic mass is 10.0. The Morgan fingerprint density at radius 2 is 2.17 bits per heavy atom. The molecule has 2 rings (SSSR count). The molecule has 0 amide bonds. The zero-order valence-electron chi connectivity index (χ0n) is 10.7. The highest BCUT2D eigenvalue weighted by Gasteiger charge is 2.19. The molecule has 0 bridgehead atoms. The van der Waals surface area contributed by atoms with Crippen LogP contribution < -0.4 is 5.32 Å². The number of hydrogen-bond donors (Lipinski definition) is 1. The zero-order chi connectivity index (χ0) is 13.0. The molecule has 0 aromatic carbocycles. The summed E-state index contributed by atoms with van der Waals surface area (Å²) in [5.74, 6) is 1.05. The van der Waals surface area contributed by atoms with Gasteiger partial charge in [0.05, 0.1) is 16.6 Å². The highest BCUT2D eigenvalue weighted by molar-refractivity contribution is 7.16. The number of nitrogens with one attached hydrogen (secondary N) is 1. The fourth-order valence-electron chi connectivity index (χ4n) is 2.03. The van der Waals surface area contributed by atoms with Gasteiger partial charge in [0.25, 0.3) is 0 Å². The van der Waals surface area contributed by atoms with Crippen molar-refractivity contribution < 1.29 is 4.42 Å². The molecule has 98 valence electrons. The first kappa shape index (κ1) is 13.7. The van der Waals surface area contributed by atoms with Gasteiger partial charge in [-0.2, -0.15) is 0 Å². The van der Waals surface area contributed by atoms with Crippen LogP contribution in [0, 0.1) is 0 Å². The van der Waals surface area contributed by atoms with Crippen molar-refractivity contribution in [2.45, 2.75) is 32.7 Å². The van der Waals surface area contributed by atoms with Gasteiger partial charge in [0, 0.05) is 16.9 Å². The topological polar surface area (TPSA) is 25.2 Å². The molecule has 2 nitrogen and oxygen atoms in total. The predicted molar refractivity (Wildman–Crippen MR) is 77.6 cm³/mol. The zero-order valence-corrected chi connectivity index (χ0v) is 12.3. The van der Waals surface area contributed by atoms with Crippen molar-refractivity contribution in [2.24, 2.45) is 0 Å². The molecule has 0 aliphatic heterocycles. The molecule has 0 fully saturated rings. The van der Waals surface area contributed by atoms with Crippen LogP contribution in [0.1, 0.15) is 42.5 Å². The Hall–Kier alpha value is -0.770. The SMILES string of the molecule is CCCNC(c1ccc(Cl)s1)c1ccoc1CC. The lowest BCUT2D eigenvalue weighted by Crippen LogP contribution is -2.22. The van der Waals surface area contributed by atoms with E-state index in [-0.39, 0.29) is 6.04 Å². The van der Waals surface area contributed by atoms with Gasteiger partial charge >= 0.3 is 0 Å². The van der Waals surface area contributed by atoms with Crippen LogP contribution in [0.2, 0.25) is 4.34 Å². The third-order valence-electron chi connectivity index (χ3n) is 2.89. The van der Waals surface area contributed by atoms with E-state index in [2.05, 4.69) is 31.3 Å². The van der Waals surface area contributed by atoms with Gasteiger partial charge < -0.3 is 9.73 Å². The Morgan fingerprint density at radius 3 is 2.78 bits per heavy atom. The molecule has 2 aromatic heterocycles. The number of furan rings is 1. The van der Waals surface area contributed by atoms with E-state index < -0.39 is 0 Å². The van der Waals surface area contributed by atoms with Gasteiger partial charge in [-0.15, -0.1) is 11.3 Å². The number of aryl methyl sites for hydroxylation is 1. The van der Waals surface area contributed by atoms with Crippen molar-refractivity contribution in [3.05, 3.63) is 45.0 Å². The van der Waals surface area contributed by atoms with E-state index >= 15 is 0 Å². The molecule has 0 saturated carbocycles. The molecule has 0 spiro atoms. The molecule has 1 unspecified atom stereocenters. The summed E-state index contributed by atoms with van der Waals surface area (Å²) in [6, 6.07) is 6.29. The Morgan fingerprint density at radius 1 is 1.33 bits per heavy atom. The van der Waals surface area contributed by atoms with E-state index in [4.69, 9.17) is 16.0 Å². The third-order valence-corrected chi connectivity index (χ3v) is 4.18. The molecule has 1 N–H and O–H groups in total. The summed E-state index contributed by atoms with van der Waals surface area (Å²) in [5, 5.41) is 3.57. The van der Waals surface area contributed by atoms with Gasteiger partial charge in [0.2, 0.25) is 0 Å². The highest BCUT2D eigenvalue weighted by atomic mass is 35.5. The van der Waals surface area contributed by atoms with Gasteiger partial charge in [-0.25, -0.2) is 0 Å². The molecule has 0 aliphatic carbocycles. The molecule has 0 aliphatic rings. The van der Waals surface area contributed by atoms with Crippen LogP contribution in [0.5, 0.6) is 0 Å². The van der Waals surface area contributed by atoms with Gasteiger partial charge in [-0.3, -0.25) is 0 Å². The van der Waals surface area contributed by atoms with Crippen molar-refractivity contribution in [3.8, 4) is 0 Å². The van der Waals surface area contributed by atoms with Crippen molar-refractivity contribution in [2.75, 3.05) is 6.54 Å². The summed E-state index contributed by atoms with van der Waals surface area (Å²) in [6.07, 6.45) is 3.78. The van der Waals surface area contributed by atoms with Gasteiger partial charge in [0.1, 0.15) is 5.76 Å². The first-order valence-corrected chi connectivity index (χ1v) is 7.50. The summed E-state index contributed by atoms with van der Waals surface area (Å²) in [7, 11) is 0. The fourth-order valence-corrected chi connectivity index (χ4v) is 3.19. The maximum atomic E-state index is 6.04. The van der Waals surface area contributed by atoms with Crippen LogP contribution in [0.25, 0.3) is 0 Å². The standard InChI is InChI=1S/C14H18ClNOS/c1-3-8-16-14(12-5-6-13(15)18-12)10-7-9-17-11(10)4-2/h5-7,9,14,16H,3-4,8H2,1-2H3. The fraction of sp³-hybridized carbons (Fsp3) is 0.429.